The Bertz CT molecular complexity index is 334. The number of ether oxygens (including phenoxy) is 1. The standard InChI is InChI=1S/C9H14N4O2/c1-6(2)5-15-9-11-3-7(4-12-9)8(10)13-14/h3-4,6,14H,5H2,1-2H3,(H2,10,13). The van der Waals surface area contributed by atoms with Crippen LogP contribution in [0.25, 0.3) is 0 Å². The Hall–Kier alpha value is -1.85. The van der Waals surface area contributed by atoms with E-state index in [9.17, 15) is 0 Å². The number of oxime groups is 1. The van der Waals surface area contributed by atoms with Gasteiger partial charge in [0, 0.05) is 12.4 Å². The molecule has 0 aliphatic heterocycles. The summed E-state index contributed by atoms with van der Waals surface area (Å²) in [6.07, 6.45) is 2.88. The molecule has 0 unspecified atom stereocenters. The maximum atomic E-state index is 8.41. The molecule has 1 aromatic heterocycles. The number of hydrogen-bond acceptors (Lipinski definition) is 5. The van der Waals surface area contributed by atoms with Gasteiger partial charge in [0.1, 0.15) is 0 Å². The number of hydrogen-bond donors (Lipinski definition) is 2. The molecule has 1 heterocycles. The van der Waals surface area contributed by atoms with Crippen LogP contribution in [0.3, 0.4) is 0 Å². The summed E-state index contributed by atoms with van der Waals surface area (Å²) in [5.74, 6) is 0.391. The highest BCUT2D eigenvalue weighted by atomic mass is 16.5. The van der Waals surface area contributed by atoms with Crippen LogP contribution in [0.1, 0.15) is 19.4 Å². The molecule has 0 saturated heterocycles. The van der Waals surface area contributed by atoms with E-state index in [1.807, 2.05) is 13.8 Å². The average Bonchev–Trinajstić information content (AvgIpc) is 2.26. The van der Waals surface area contributed by atoms with Gasteiger partial charge in [-0.3, -0.25) is 0 Å². The van der Waals surface area contributed by atoms with Gasteiger partial charge >= 0.3 is 6.01 Å². The van der Waals surface area contributed by atoms with Crippen molar-refractivity contribution in [3.05, 3.63) is 18.0 Å². The van der Waals surface area contributed by atoms with E-state index in [1.165, 1.54) is 12.4 Å². The molecule has 0 fully saturated rings. The van der Waals surface area contributed by atoms with E-state index in [0.717, 1.165) is 0 Å². The van der Waals surface area contributed by atoms with E-state index in [-0.39, 0.29) is 11.8 Å². The lowest BCUT2D eigenvalue weighted by Crippen LogP contribution is -2.14. The highest BCUT2D eigenvalue weighted by Gasteiger charge is 2.03. The van der Waals surface area contributed by atoms with Crippen LogP contribution in [-0.2, 0) is 0 Å². The van der Waals surface area contributed by atoms with Gasteiger partial charge in [0.15, 0.2) is 5.84 Å². The minimum Gasteiger partial charge on any atom is -0.463 e. The van der Waals surface area contributed by atoms with Crippen molar-refractivity contribution < 1.29 is 9.94 Å². The summed E-state index contributed by atoms with van der Waals surface area (Å²) < 4.78 is 5.27. The van der Waals surface area contributed by atoms with Crippen LogP contribution in [0.4, 0.5) is 0 Å². The van der Waals surface area contributed by atoms with Crippen LogP contribution in [0.5, 0.6) is 6.01 Å². The van der Waals surface area contributed by atoms with E-state index >= 15 is 0 Å². The third-order valence-corrected chi connectivity index (χ3v) is 1.58. The van der Waals surface area contributed by atoms with Crippen LogP contribution >= 0.6 is 0 Å². The lowest BCUT2D eigenvalue weighted by molar-refractivity contribution is 0.250. The third kappa shape index (κ3) is 3.41. The zero-order chi connectivity index (χ0) is 11.3. The van der Waals surface area contributed by atoms with Crippen LogP contribution < -0.4 is 10.5 Å². The largest absolute Gasteiger partial charge is 0.463 e. The molecule has 0 aliphatic rings. The van der Waals surface area contributed by atoms with Gasteiger partial charge in [-0.2, -0.15) is 0 Å². The fourth-order valence-corrected chi connectivity index (χ4v) is 0.822. The molecule has 15 heavy (non-hydrogen) atoms. The topological polar surface area (TPSA) is 93.6 Å². The van der Waals surface area contributed by atoms with Crippen LogP contribution in [-0.4, -0.2) is 27.6 Å². The van der Waals surface area contributed by atoms with E-state index in [0.29, 0.717) is 18.1 Å². The Balaban J connectivity index is 2.64. The van der Waals surface area contributed by atoms with E-state index in [2.05, 4.69) is 15.1 Å². The zero-order valence-electron chi connectivity index (χ0n) is 8.71. The Morgan fingerprint density at radius 1 is 1.53 bits per heavy atom. The molecule has 0 amide bonds. The minimum atomic E-state index is -0.0228. The summed E-state index contributed by atoms with van der Waals surface area (Å²) in [6.45, 7) is 4.62. The number of nitrogens with zero attached hydrogens (tertiary/aromatic N) is 3. The molecule has 6 heteroatoms. The summed E-state index contributed by atoms with van der Waals surface area (Å²) in [5, 5.41) is 11.2. The summed E-state index contributed by atoms with van der Waals surface area (Å²) in [5.41, 5.74) is 5.80. The molecule has 0 saturated carbocycles. The highest BCUT2D eigenvalue weighted by Crippen LogP contribution is 2.04. The van der Waals surface area contributed by atoms with Gasteiger partial charge in [0.25, 0.3) is 0 Å². The Morgan fingerprint density at radius 3 is 2.60 bits per heavy atom. The molecule has 1 rings (SSSR count). The van der Waals surface area contributed by atoms with E-state index in [4.69, 9.17) is 15.7 Å². The first-order valence-corrected chi connectivity index (χ1v) is 4.56. The Morgan fingerprint density at radius 2 is 2.13 bits per heavy atom. The number of amidine groups is 1. The van der Waals surface area contributed by atoms with Crippen LogP contribution in [0.15, 0.2) is 17.5 Å². The molecule has 0 aliphatic carbocycles. The lowest BCUT2D eigenvalue weighted by atomic mass is 10.2. The molecule has 0 radical (unpaired) electrons. The van der Waals surface area contributed by atoms with Crippen molar-refractivity contribution in [1.82, 2.24) is 9.97 Å². The fraction of sp³-hybridized carbons (Fsp3) is 0.444. The SMILES string of the molecule is CC(C)COc1ncc(/C(N)=N\O)cn1. The molecule has 82 valence electrons. The van der Waals surface area contributed by atoms with Crippen molar-refractivity contribution in [3.63, 3.8) is 0 Å². The van der Waals surface area contributed by atoms with Gasteiger partial charge in [-0.15, -0.1) is 0 Å². The molecule has 0 atom stereocenters. The lowest BCUT2D eigenvalue weighted by Gasteiger charge is -2.06. The summed E-state index contributed by atoms with van der Waals surface area (Å²) >= 11 is 0. The predicted octanol–water partition coefficient (Wildman–Crippen LogP) is 0.606. The van der Waals surface area contributed by atoms with Gasteiger partial charge in [0.05, 0.1) is 12.2 Å². The van der Waals surface area contributed by atoms with Crippen molar-refractivity contribution in [1.29, 1.82) is 0 Å². The molecule has 6 nitrogen and oxygen atoms in total. The quantitative estimate of drug-likeness (QED) is 0.328. The smallest absolute Gasteiger partial charge is 0.316 e. The molecule has 0 bridgehead atoms. The second-order valence-corrected chi connectivity index (χ2v) is 3.44. The van der Waals surface area contributed by atoms with Crippen molar-refractivity contribution in [3.8, 4) is 6.01 Å². The molecular weight excluding hydrogens is 196 g/mol. The molecular formula is C9H14N4O2. The number of aromatic nitrogens is 2. The van der Waals surface area contributed by atoms with Crippen molar-refractivity contribution >= 4 is 5.84 Å². The van der Waals surface area contributed by atoms with Gasteiger partial charge in [0.2, 0.25) is 0 Å². The first kappa shape index (κ1) is 11.2. The summed E-state index contributed by atoms with van der Waals surface area (Å²) in [4.78, 5) is 7.83. The van der Waals surface area contributed by atoms with Gasteiger partial charge in [-0.25, -0.2) is 9.97 Å². The van der Waals surface area contributed by atoms with Crippen LogP contribution in [0, 0.1) is 5.92 Å². The molecule has 1 aromatic rings. The zero-order valence-corrected chi connectivity index (χ0v) is 8.71. The number of nitrogens with two attached hydrogens (primary N) is 1. The Kier molecular flexibility index (Phi) is 3.84. The summed E-state index contributed by atoms with van der Waals surface area (Å²) in [7, 11) is 0. The molecule has 0 aromatic carbocycles. The van der Waals surface area contributed by atoms with Crippen molar-refractivity contribution in [2.24, 2.45) is 16.8 Å². The minimum absolute atomic E-state index is 0.0228. The second kappa shape index (κ2) is 5.14. The predicted molar refractivity (Wildman–Crippen MR) is 54.9 cm³/mol. The Labute approximate surface area is 87.8 Å². The molecule has 0 spiro atoms. The van der Waals surface area contributed by atoms with Gasteiger partial charge in [-0.1, -0.05) is 19.0 Å². The van der Waals surface area contributed by atoms with Crippen molar-refractivity contribution in [2.45, 2.75) is 13.8 Å². The second-order valence-electron chi connectivity index (χ2n) is 3.44. The maximum absolute atomic E-state index is 8.41. The van der Waals surface area contributed by atoms with Crippen molar-refractivity contribution in [2.75, 3.05) is 6.61 Å². The monoisotopic (exact) mass is 210 g/mol. The molecule has 3 N–H and O–H groups in total. The van der Waals surface area contributed by atoms with Gasteiger partial charge < -0.3 is 15.7 Å². The first-order valence-electron chi connectivity index (χ1n) is 4.56. The first-order chi connectivity index (χ1) is 7.13. The highest BCUT2D eigenvalue weighted by molar-refractivity contribution is 5.96. The fourth-order valence-electron chi connectivity index (χ4n) is 0.822. The maximum Gasteiger partial charge on any atom is 0.316 e. The van der Waals surface area contributed by atoms with E-state index in [1.54, 1.807) is 0 Å². The van der Waals surface area contributed by atoms with Gasteiger partial charge in [-0.05, 0) is 5.92 Å². The van der Waals surface area contributed by atoms with Crippen LogP contribution in [0.2, 0.25) is 0 Å². The summed E-state index contributed by atoms with van der Waals surface area (Å²) in [6, 6.07) is 0.290. The number of rotatable bonds is 4. The third-order valence-electron chi connectivity index (χ3n) is 1.58. The normalized spacial score (nSPS) is 11.8. The average molecular weight is 210 g/mol. The van der Waals surface area contributed by atoms with E-state index < -0.39 is 0 Å².